The fourth-order valence-corrected chi connectivity index (χ4v) is 0. The predicted octanol–water partition coefficient (Wildman–Crippen LogP) is -5.68. The average molecular weight is 188 g/mol. The van der Waals surface area contributed by atoms with Crippen molar-refractivity contribution in [1.29, 1.82) is 0 Å². The van der Waals surface area contributed by atoms with Gasteiger partial charge < -0.3 is 30.3 Å². The molecule has 0 aliphatic heterocycles. The number of carbonyl (C=O) groups excluding carboxylic acids is 1. The maximum Gasteiger partial charge on any atom is 2.00 e. The third kappa shape index (κ3) is 1690. The summed E-state index contributed by atoms with van der Waals surface area (Å²) in [6, 6.07) is 0. The fraction of sp³-hybridized carbons (Fsp3) is 0. The van der Waals surface area contributed by atoms with Crippen molar-refractivity contribution in [2.45, 2.75) is 0 Å². The van der Waals surface area contributed by atoms with E-state index >= 15 is 0 Å². The van der Waals surface area contributed by atoms with Crippen LogP contribution in [0.4, 0.5) is 4.79 Å². The Morgan fingerprint density at radius 3 is 1.20 bits per heavy atom. The summed E-state index contributed by atoms with van der Waals surface area (Å²) in [6.45, 7) is 0. The van der Waals surface area contributed by atoms with E-state index in [1.54, 1.807) is 0 Å². The molecule has 0 amide bonds. The van der Waals surface area contributed by atoms with Crippen LogP contribution in [0.5, 0.6) is 0 Å². The Kier molecular flexibility index (Phi) is 35.9. The van der Waals surface area contributed by atoms with Crippen molar-refractivity contribution in [3.8, 4) is 0 Å². The minimum atomic E-state index is -2.33. The number of nitrogens with zero attached hydrogens (tertiary/aromatic N) is 1. The van der Waals surface area contributed by atoms with Gasteiger partial charge in [-0.15, -0.1) is 0 Å². The van der Waals surface area contributed by atoms with Gasteiger partial charge in [0.2, 0.25) is 0 Å². The van der Waals surface area contributed by atoms with E-state index in [0.29, 0.717) is 0 Å². The molecule has 0 aliphatic rings. The number of hydrogen-bond donors (Lipinski definition) is 0. The van der Waals surface area contributed by atoms with Gasteiger partial charge in [0.15, 0.2) is 0 Å². The Balaban J connectivity index is -0.0000000300. The van der Waals surface area contributed by atoms with Crippen LogP contribution in [0.3, 0.4) is 0 Å². The van der Waals surface area contributed by atoms with Crippen LogP contribution in [-0.4, -0.2) is 11.2 Å². The first-order valence-corrected chi connectivity index (χ1v) is 1.16. The molecular weight excluding hydrogens is 188 g/mol. The molecule has 0 bridgehead atoms. The summed E-state index contributed by atoms with van der Waals surface area (Å²) >= 11 is 0. The van der Waals surface area contributed by atoms with Gasteiger partial charge in [-0.2, -0.15) is 0 Å². The van der Waals surface area contributed by atoms with E-state index in [4.69, 9.17) is 30.3 Å². The first-order chi connectivity index (χ1) is 3.46. The van der Waals surface area contributed by atoms with Crippen molar-refractivity contribution >= 4 is 6.16 Å². The van der Waals surface area contributed by atoms with Gasteiger partial charge in [0, 0.05) is 0 Å². The zero-order valence-electron chi connectivity index (χ0n) is 4.71. The molecule has 9 heteroatoms. The SMILES string of the molecule is O=C([O-])[O-].O=[N+]([O-])[O-].[Li+].[Ni+2]. The van der Waals surface area contributed by atoms with Crippen LogP contribution in [0.15, 0.2) is 0 Å². The second-order valence-corrected chi connectivity index (χ2v) is 0.474. The minimum absolute atomic E-state index is 0. The number of carboxylic acid groups (broad SMARTS) is 2. The monoisotopic (exact) mass is 187 g/mol. The van der Waals surface area contributed by atoms with Crippen molar-refractivity contribution in [2.24, 2.45) is 0 Å². The van der Waals surface area contributed by atoms with E-state index in [1.807, 2.05) is 0 Å². The predicted molar refractivity (Wildman–Crippen MR) is 15.8 cm³/mol. The molecule has 0 atom stereocenters. The van der Waals surface area contributed by atoms with Crippen molar-refractivity contribution in [2.75, 3.05) is 0 Å². The Morgan fingerprint density at radius 1 is 1.20 bits per heavy atom. The van der Waals surface area contributed by atoms with Crippen molar-refractivity contribution in [3.63, 3.8) is 0 Å². The molecule has 10 heavy (non-hydrogen) atoms. The van der Waals surface area contributed by atoms with Gasteiger partial charge in [-0.25, -0.2) is 0 Å². The third-order valence-electron chi connectivity index (χ3n) is 0. The molecule has 0 saturated heterocycles. The minimum Gasteiger partial charge on any atom is -0.652 e. The summed E-state index contributed by atoms with van der Waals surface area (Å²) < 4.78 is 0. The smallest absolute Gasteiger partial charge is 0.652 e. The molecule has 0 aromatic carbocycles. The van der Waals surface area contributed by atoms with Gasteiger partial charge in [-0.1, -0.05) is 0 Å². The third-order valence-corrected chi connectivity index (χ3v) is 0. The summed E-state index contributed by atoms with van der Waals surface area (Å²) in [5.41, 5.74) is 0. The molecule has 56 valence electrons. The molecule has 0 aliphatic carbocycles. The van der Waals surface area contributed by atoms with Crippen molar-refractivity contribution < 1.29 is 55.4 Å². The Hall–Kier alpha value is -0.439. The van der Waals surface area contributed by atoms with E-state index in [0.717, 1.165) is 0 Å². The van der Waals surface area contributed by atoms with Crippen molar-refractivity contribution in [1.82, 2.24) is 0 Å². The van der Waals surface area contributed by atoms with E-state index < -0.39 is 11.2 Å². The van der Waals surface area contributed by atoms with Crippen LogP contribution < -0.4 is 29.1 Å². The molecule has 0 aromatic heterocycles. The second-order valence-electron chi connectivity index (χ2n) is 0.474. The van der Waals surface area contributed by atoms with Crippen LogP contribution in [0.2, 0.25) is 0 Å². The van der Waals surface area contributed by atoms with Crippen LogP contribution in [0.25, 0.3) is 0 Å². The molecule has 0 spiro atoms. The maximum absolute atomic E-state index is 8.33. The maximum atomic E-state index is 8.33. The van der Waals surface area contributed by atoms with Gasteiger partial charge in [0.05, 0.1) is 5.09 Å². The molecule has 0 radical (unpaired) electrons. The Morgan fingerprint density at radius 2 is 1.20 bits per heavy atom. The van der Waals surface area contributed by atoms with E-state index in [1.165, 1.54) is 0 Å². The van der Waals surface area contributed by atoms with Crippen molar-refractivity contribution in [3.05, 3.63) is 15.3 Å². The molecule has 0 fully saturated rings. The number of carbonyl (C=O) groups is 1. The first-order valence-electron chi connectivity index (χ1n) is 1.16. The molecule has 0 rings (SSSR count). The van der Waals surface area contributed by atoms with Gasteiger partial charge >= 0.3 is 35.4 Å². The largest absolute Gasteiger partial charge is 2.00 e. The molecule has 7 nitrogen and oxygen atoms in total. The molecule has 0 aromatic rings. The van der Waals surface area contributed by atoms with Crippen LogP contribution in [0, 0.1) is 15.3 Å². The number of hydrogen-bond acceptors (Lipinski definition) is 6. The second kappa shape index (κ2) is 15.8. The molecule has 0 N–H and O–H groups in total. The summed E-state index contributed by atoms with van der Waals surface area (Å²) in [5, 5.41) is 31.4. The molecule has 0 heterocycles. The average Bonchev–Trinajstić information content (AvgIpc) is 1.25. The van der Waals surface area contributed by atoms with Crippen LogP contribution in [-0.2, 0) is 16.5 Å². The zero-order valence-corrected chi connectivity index (χ0v) is 5.70. The fourth-order valence-electron chi connectivity index (χ4n) is 0. The molecular formula is CLiNNiO6. The molecule has 0 saturated carbocycles. The topological polar surface area (TPSA) is 129 Å². The summed E-state index contributed by atoms with van der Waals surface area (Å²) in [6.07, 6.45) is -2.33. The quantitative estimate of drug-likeness (QED) is 0.211. The molecule has 0 unspecified atom stereocenters. The van der Waals surface area contributed by atoms with Crippen LogP contribution >= 0.6 is 0 Å². The number of rotatable bonds is 0. The van der Waals surface area contributed by atoms with Crippen LogP contribution in [0.1, 0.15) is 0 Å². The summed E-state index contributed by atoms with van der Waals surface area (Å²) in [4.78, 5) is 16.6. The van der Waals surface area contributed by atoms with Gasteiger partial charge in [-0.05, 0) is 6.16 Å². The summed E-state index contributed by atoms with van der Waals surface area (Å²) in [7, 11) is 0. The van der Waals surface area contributed by atoms with Gasteiger partial charge in [-0.3, -0.25) is 0 Å². The Labute approximate surface area is 77.2 Å². The van der Waals surface area contributed by atoms with E-state index in [9.17, 15) is 0 Å². The summed E-state index contributed by atoms with van der Waals surface area (Å²) in [5.74, 6) is 0. The van der Waals surface area contributed by atoms with Gasteiger partial charge in [0.1, 0.15) is 0 Å². The van der Waals surface area contributed by atoms with E-state index in [-0.39, 0.29) is 35.4 Å². The standard InChI is InChI=1S/CH2O3.Li.NO3.Ni/c2-1(3)4;;2-1(3)4;/h(H2,2,3,4);;;/q;+1;-1;+2/p-2. The zero-order chi connectivity index (χ0) is 7.15. The van der Waals surface area contributed by atoms with Gasteiger partial charge in [0.25, 0.3) is 0 Å². The van der Waals surface area contributed by atoms with E-state index in [2.05, 4.69) is 0 Å². The first kappa shape index (κ1) is 22.7. The Bertz CT molecular complexity index is 75.7. The normalized spacial score (nSPS) is 4.80.